The van der Waals surface area contributed by atoms with E-state index in [1.807, 2.05) is 0 Å². The van der Waals surface area contributed by atoms with Crippen LogP contribution in [-0.4, -0.2) is 28.2 Å². The molecule has 0 fully saturated rings. The van der Waals surface area contributed by atoms with Gasteiger partial charge in [-0.3, -0.25) is 0 Å². The third-order valence-corrected chi connectivity index (χ3v) is 2.19. The van der Waals surface area contributed by atoms with Crippen LogP contribution < -0.4 is 10.8 Å². The van der Waals surface area contributed by atoms with Gasteiger partial charge in [0.1, 0.15) is 5.52 Å². The summed E-state index contributed by atoms with van der Waals surface area (Å²) >= 11 is 0. The molecule has 98 valence electrons. The molecule has 0 unspecified atom stereocenters. The lowest BCUT2D eigenvalue weighted by atomic mass is 9.80. The zero-order valence-electron chi connectivity index (χ0n) is 10.1. The summed E-state index contributed by atoms with van der Waals surface area (Å²) in [5, 5.41) is 20.4. The highest BCUT2D eigenvalue weighted by Crippen LogP contribution is 2.17. The van der Waals surface area contributed by atoms with Crippen LogP contribution in [0.2, 0.25) is 0 Å². The topological polar surface area (TPSA) is 105 Å². The van der Waals surface area contributed by atoms with E-state index in [0.29, 0.717) is 11.1 Å². The first-order chi connectivity index (χ1) is 8.95. The van der Waals surface area contributed by atoms with Gasteiger partial charge in [-0.2, -0.15) is 4.98 Å². The maximum atomic E-state index is 11.3. The van der Waals surface area contributed by atoms with Crippen molar-refractivity contribution in [1.82, 2.24) is 4.98 Å². The first-order valence-corrected chi connectivity index (χ1v) is 5.36. The molecule has 0 aliphatic rings. The van der Waals surface area contributed by atoms with Crippen LogP contribution in [-0.2, 0) is 4.74 Å². The molecule has 0 atom stereocenters. The van der Waals surface area contributed by atoms with E-state index in [9.17, 15) is 4.79 Å². The van der Waals surface area contributed by atoms with Crippen molar-refractivity contribution in [2.24, 2.45) is 0 Å². The van der Waals surface area contributed by atoms with Gasteiger partial charge in [-0.1, -0.05) is 12.6 Å². The summed E-state index contributed by atoms with van der Waals surface area (Å²) in [5.74, 6) is 0.235. The quantitative estimate of drug-likeness (QED) is 0.552. The summed E-state index contributed by atoms with van der Waals surface area (Å²) in [7, 11) is -1.59. The van der Waals surface area contributed by atoms with Crippen LogP contribution in [0, 0.1) is 0 Å². The van der Waals surface area contributed by atoms with Crippen molar-refractivity contribution in [2.75, 3.05) is 5.32 Å². The Morgan fingerprint density at radius 2 is 2.26 bits per heavy atom. The van der Waals surface area contributed by atoms with Crippen LogP contribution in [0.3, 0.4) is 0 Å². The van der Waals surface area contributed by atoms with Crippen LogP contribution in [0.4, 0.5) is 10.8 Å². The molecule has 1 amide bonds. The minimum atomic E-state index is -1.59. The minimum absolute atomic E-state index is 0.0502. The second kappa shape index (κ2) is 5.13. The van der Waals surface area contributed by atoms with Crippen molar-refractivity contribution in [3.05, 3.63) is 30.5 Å². The second-order valence-electron chi connectivity index (χ2n) is 3.84. The molecule has 3 N–H and O–H groups in total. The highest BCUT2D eigenvalue weighted by molar-refractivity contribution is 6.58. The molecule has 2 rings (SSSR count). The number of fused-ring (bicyclic) bond motifs is 1. The predicted molar refractivity (Wildman–Crippen MR) is 68.8 cm³/mol. The van der Waals surface area contributed by atoms with Gasteiger partial charge >= 0.3 is 19.2 Å². The standard InChI is InChI=1S/C11H11BN2O5/c1-6(2)18-11(15)14-10-13-8-5-7(12(16)17)3-4-9(8)19-10/h3-5,16-17H,1H2,2H3,(H,13,14,15). The maximum Gasteiger partial charge on any atom is 0.488 e. The Hall–Kier alpha value is -2.32. The Labute approximate surface area is 108 Å². The van der Waals surface area contributed by atoms with Crippen LogP contribution in [0.1, 0.15) is 6.92 Å². The molecular weight excluding hydrogens is 251 g/mol. The lowest BCUT2D eigenvalue weighted by Gasteiger charge is -2.00. The number of allylic oxidation sites excluding steroid dienone is 1. The van der Waals surface area contributed by atoms with E-state index >= 15 is 0 Å². The summed E-state index contributed by atoms with van der Waals surface area (Å²) < 4.78 is 9.93. The first-order valence-electron chi connectivity index (χ1n) is 5.36. The number of hydrogen-bond acceptors (Lipinski definition) is 6. The molecule has 0 saturated carbocycles. The van der Waals surface area contributed by atoms with Crippen molar-refractivity contribution in [2.45, 2.75) is 6.92 Å². The van der Waals surface area contributed by atoms with Crippen LogP contribution in [0.15, 0.2) is 35.0 Å². The summed E-state index contributed by atoms with van der Waals surface area (Å²) in [5.41, 5.74) is 1.06. The van der Waals surface area contributed by atoms with Crippen molar-refractivity contribution < 1.29 is 24.0 Å². The zero-order chi connectivity index (χ0) is 14.0. The molecule has 2 aromatic rings. The molecule has 7 nitrogen and oxygen atoms in total. The normalized spacial score (nSPS) is 10.3. The largest absolute Gasteiger partial charge is 0.488 e. The lowest BCUT2D eigenvalue weighted by Crippen LogP contribution is -2.29. The van der Waals surface area contributed by atoms with E-state index in [-0.39, 0.29) is 17.2 Å². The summed E-state index contributed by atoms with van der Waals surface area (Å²) in [4.78, 5) is 15.3. The second-order valence-corrected chi connectivity index (χ2v) is 3.84. The monoisotopic (exact) mass is 262 g/mol. The molecule has 0 aliphatic heterocycles. The number of nitrogens with zero attached hydrogens (tertiary/aromatic N) is 1. The van der Waals surface area contributed by atoms with Crippen molar-refractivity contribution in [1.29, 1.82) is 0 Å². The highest BCUT2D eigenvalue weighted by atomic mass is 16.6. The maximum absolute atomic E-state index is 11.3. The minimum Gasteiger partial charge on any atom is -0.423 e. The Balaban J connectivity index is 2.22. The number of nitrogens with one attached hydrogen (secondary N) is 1. The number of hydrogen-bond donors (Lipinski definition) is 3. The van der Waals surface area contributed by atoms with Gasteiger partial charge in [-0.15, -0.1) is 0 Å². The average molecular weight is 262 g/mol. The third kappa shape index (κ3) is 3.12. The van der Waals surface area contributed by atoms with Gasteiger partial charge in [-0.25, -0.2) is 10.1 Å². The van der Waals surface area contributed by atoms with E-state index in [4.69, 9.17) is 14.5 Å². The van der Waals surface area contributed by atoms with E-state index in [0.717, 1.165) is 0 Å². The number of rotatable bonds is 3. The Morgan fingerprint density at radius 1 is 1.53 bits per heavy atom. The van der Waals surface area contributed by atoms with Crippen molar-refractivity contribution >= 4 is 35.8 Å². The highest BCUT2D eigenvalue weighted by Gasteiger charge is 2.15. The van der Waals surface area contributed by atoms with E-state index in [2.05, 4.69) is 21.6 Å². The number of ether oxygens (including phenoxy) is 1. The van der Waals surface area contributed by atoms with Gasteiger partial charge in [0.15, 0.2) is 5.58 Å². The number of oxazole rings is 1. The van der Waals surface area contributed by atoms with Gasteiger partial charge in [-0.05, 0) is 24.5 Å². The molecule has 1 aromatic heterocycles. The number of benzene rings is 1. The molecule has 0 spiro atoms. The zero-order valence-corrected chi connectivity index (χ0v) is 10.1. The van der Waals surface area contributed by atoms with Crippen LogP contribution in [0.25, 0.3) is 11.1 Å². The van der Waals surface area contributed by atoms with Gasteiger partial charge in [0, 0.05) is 0 Å². The molecular formula is C11H11BN2O5. The summed E-state index contributed by atoms with van der Waals surface area (Å²) in [6, 6.07) is 4.39. The van der Waals surface area contributed by atoms with Gasteiger partial charge in [0.05, 0.1) is 5.76 Å². The predicted octanol–water partition coefficient (Wildman–Crippen LogP) is 0.590. The number of anilines is 1. The number of amides is 1. The molecule has 0 aliphatic carbocycles. The fourth-order valence-corrected chi connectivity index (χ4v) is 1.43. The molecule has 8 heteroatoms. The van der Waals surface area contributed by atoms with Gasteiger partial charge in [0.2, 0.25) is 0 Å². The number of carbonyl (C=O) groups is 1. The molecule has 0 bridgehead atoms. The number of carbonyl (C=O) groups excluding carboxylic acids is 1. The summed E-state index contributed by atoms with van der Waals surface area (Å²) in [6.45, 7) is 4.95. The van der Waals surface area contributed by atoms with E-state index in [1.165, 1.54) is 25.1 Å². The average Bonchev–Trinajstić information content (AvgIpc) is 2.68. The van der Waals surface area contributed by atoms with Gasteiger partial charge in [0.25, 0.3) is 0 Å². The van der Waals surface area contributed by atoms with E-state index < -0.39 is 13.2 Å². The Kier molecular flexibility index (Phi) is 3.54. The molecule has 0 radical (unpaired) electrons. The first kappa shape index (κ1) is 13.1. The molecule has 0 saturated heterocycles. The van der Waals surface area contributed by atoms with Crippen molar-refractivity contribution in [3.63, 3.8) is 0 Å². The molecule has 1 aromatic carbocycles. The van der Waals surface area contributed by atoms with Crippen LogP contribution in [0.5, 0.6) is 0 Å². The fourth-order valence-electron chi connectivity index (χ4n) is 1.43. The van der Waals surface area contributed by atoms with E-state index in [1.54, 1.807) is 0 Å². The molecule has 1 heterocycles. The fraction of sp³-hybridized carbons (Fsp3) is 0.0909. The van der Waals surface area contributed by atoms with Crippen molar-refractivity contribution in [3.8, 4) is 0 Å². The van der Waals surface area contributed by atoms with Crippen LogP contribution >= 0.6 is 0 Å². The Bertz CT molecular complexity index is 637. The lowest BCUT2D eigenvalue weighted by molar-refractivity contribution is 0.191. The SMILES string of the molecule is C=C(C)OC(=O)Nc1nc2cc(B(O)O)ccc2o1. The van der Waals surface area contributed by atoms with Gasteiger partial charge < -0.3 is 19.2 Å². The number of aromatic nitrogens is 1. The smallest absolute Gasteiger partial charge is 0.423 e. The summed E-state index contributed by atoms with van der Waals surface area (Å²) in [6.07, 6.45) is -0.763. The third-order valence-electron chi connectivity index (χ3n) is 2.19. The molecule has 19 heavy (non-hydrogen) atoms. The Morgan fingerprint density at radius 3 is 2.89 bits per heavy atom.